The quantitative estimate of drug-likeness (QED) is 0.673. The number of hydrogen-bond donors (Lipinski definition) is 0. The van der Waals surface area contributed by atoms with Crippen LogP contribution in [0.1, 0.15) is 17.2 Å². The second kappa shape index (κ2) is 6.29. The van der Waals surface area contributed by atoms with Crippen molar-refractivity contribution >= 4 is 23.2 Å². The smallest absolute Gasteiger partial charge is 0.152 e. The highest BCUT2D eigenvalue weighted by molar-refractivity contribution is 6.30. The first-order valence-corrected chi connectivity index (χ1v) is 7.48. The summed E-state index contributed by atoms with van der Waals surface area (Å²) in [4.78, 5) is 0. The Kier molecular flexibility index (Phi) is 4.23. The predicted octanol–water partition coefficient (Wildman–Crippen LogP) is 4.25. The summed E-state index contributed by atoms with van der Waals surface area (Å²) < 4.78 is 2.00. The molecule has 1 heterocycles. The van der Waals surface area contributed by atoms with Crippen molar-refractivity contribution in [3.63, 3.8) is 0 Å². The van der Waals surface area contributed by atoms with E-state index in [1.54, 1.807) is 0 Å². The molecule has 2 aromatic carbocycles. The molecule has 5 heteroatoms. The Morgan fingerprint density at radius 1 is 0.857 bits per heavy atom. The zero-order valence-electron chi connectivity index (χ0n) is 11.2. The molecule has 0 saturated carbocycles. The van der Waals surface area contributed by atoms with Crippen molar-refractivity contribution in [3.05, 3.63) is 76.8 Å². The molecule has 0 aliphatic rings. The molecule has 3 aromatic rings. The second-order valence-electron chi connectivity index (χ2n) is 4.64. The molecule has 0 aliphatic carbocycles. The van der Waals surface area contributed by atoms with Crippen molar-refractivity contribution in [1.29, 1.82) is 0 Å². The van der Waals surface area contributed by atoms with Gasteiger partial charge in [-0.05, 0) is 29.8 Å². The summed E-state index contributed by atoms with van der Waals surface area (Å²) in [6.45, 7) is 0. The third-order valence-electron chi connectivity index (χ3n) is 3.21. The second-order valence-corrected chi connectivity index (χ2v) is 5.34. The Balaban J connectivity index is 1.99. The van der Waals surface area contributed by atoms with E-state index in [2.05, 4.69) is 10.2 Å². The summed E-state index contributed by atoms with van der Waals surface area (Å²) in [6, 6.07) is 17.7. The maximum atomic E-state index is 5.98. The average molecular weight is 318 g/mol. The molecule has 0 bridgehead atoms. The van der Waals surface area contributed by atoms with Crippen LogP contribution in [-0.4, -0.2) is 14.8 Å². The summed E-state index contributed by atoms with van der Waals surface area (Å²) in [5.41, 5.74) is 2.15. The molecule has 3 nitrogen and oxygen atoms in total. The van der Waals surface area contributed by atoms with E-state index in [9.17, 15) is 0 Å². The summed E-state index contributed by atoms with van der Waals surface area (Å²) in [5.74, 6) is 1.92. The van der Waals surface area contributed by atoms with Crippen molar-refractivity contribution < 1.29 is 0 Å². The monoisotopic (exact) mass is 317 g/mol. The topological polar surface area (TPSA) is 30.7 Å². The molecule has 0 radical (unpaired) electrons. The highest BCUT2D eigenvalue weighted by atomic mass is 35.5. The van der Waals surface area contributed by atoms with Crippen LogP contribution in [0, 0.1) is 0 Å². The zero-order chi connectivity index (χ0) is 14.7. The molecule has 0 N–H and O–H groups in total. The van der Waals surface area contributed by atoms with Gasteiger partial charge in [0.1, 0.15) is 5.82 Å². The van der Waals surface area contributed by atoms with Gasteiger partial charge in [-0.3, -0.25) is 4.57 Å². The van der Waals surface area contributed by atoms with Gasteiger partial charge in [0.25, 0.3) is 0 Å². The van der Waals surface area contributed by atoms with Gasteiger partial charge in [-0.15, -0.1) is 21.8 Å². The minimum atomic E-state index is 0.322. The van der Waals surface area contributed by atoms with E-state index in [0.717, 1.165) is 27.9 Å². The molecule has 21 heavy (non-hydrogen) atoms. The van der Waals surface area contributed by atoms with Gasteiger partial charge in [0, 0.05) is 17.1 Å². The van der Waals surface area contributed by atoms with Crippen LogP contribution in [0.3, 0.4) is 0 Å². The van der Waals surface area contributed by atoms with Crippen LogP contribution >= 0.6 is 23.2 Å². The van der Waals surface area contributed by atoms with Crippen LogP contribution in [0.5, 0.6) is 0 Å². The Hall–Kier alpha value is -1.84. The SMILES string of the molecule is ClCc1nnc(Cc2ccc(Cl)cc2)n1-c1ccccc1. The lowest BCUT2D eigenvalue weighted by atomic mass is 10.1. The number of hydrogen-bond acceptors (Lipinski definition) is 2. The van der Waals surface area contributed by atoms with Gasteiger partial charge in [-0.2, -0.15) is 0 Å². The van der Waals surface area contributed by atoms with Crippen molar-refractivity contribution in [2.45, 2.75) is 12.3 Å². The standard InChI is InChI=1S/C16H13Cl2N3/c17-11-16-20-19-15(10-12-6-8-13(18)9-7-12)21(16)14-4-2-1-3-5-14/h1-9H,10-11H2. The molecule has 0 saturated heterocycles. The van der Waals surface area contributed by atoms with Gasteiger partial charge in [-0.25, -0.2) is 0 Å². The minimum Gasteiger partial charge on any atom is -0.282 e. The van der Waals surface area contributed by atoms with Gasteiger partial charge in [-0.1, -0.05) is 41.9 Å². The van der Waals surface area contributed by atoms with Crippen LogP contribution in [-0.2, 0) is 12.3 Å². The average Bonchev–Trinajstić information content (AvgIpc) is 2.93. The fourth-order valence-corrected chi connectivity index (χ4v) is 2.51. The number of alkyl halides is 1. The number of rotatable bonds is 4. The molecule has 0 atom stereocenters. The third-order valence-corrected chi connectivity index (χ3v) is 3.70. The molecule has 0 fully saturated rings. The number of para-hydroxylation sites is 1. The van der Waals surface area contributed by atoms with E-state index < -0.39 is 0 Å². The van der Waals surface area contributed by atoms with Crippen LogP contribution < -0.4 is 0 Å². The highest BCUT2D eigenvalue weighted by Crippen LogP contribution is 2.18. The minimum absolute atomic E-state index is 0.322. The van der Waals surface area contributed by atoms with Crippen molar-refractivity contribution in [3.8, 4) is 5.69 Å². The molecule has 0 unspecified atom stereocenters. The first-order valence-electron chi connectivity index (χ1n) is 6.57. The van der Waals surface area contributed by atoms with Crippen LogP contribution in [0.25, 0.3) is 5.69 Å². The first kappa shape index (κ1) is 14.1. The molecule has 0 aliphatic heterocycles. The van der Waals surface area contributed by atoms with E-state index in [1.807, 2.05) is 59.2 Å². The number of nitrogens with zero attached hydrogens (tertiary/aromatic N) is 3. The van der Waals surface area contributed by atoms with E-state index in [4.69, 9.17) is 23.2 Å². The molecular formula is C16H13Cl2N3. The summed E-state index contributed by atoms with van der Waals surface area (Å²) >= 11 is 11.9. The number of halogens is 2. The summed E-state index contributed by atoms with van der Waals surface area (Å²) in [7, 11) is 0. The molecule has 0 amide bonds. The van der Waals surface area contributed by atoms with Crippen LogP contribution in [0.15, 0.2) is 54.6 Å². The normalized spacial score (nSPS) is 10.8. The highest BCUT2D eigenvalue weighted by Gasteiger charge is 2.13. The number of benzene rings is 2. The van der Waals surface area contributed by atoms with Crippen molar-refractivity contribution in [2.24, 2.45) is 0 Å². The molecule has 106 valence electrons. The molecule has 3 rings (SSSR count). The Bertz CT molecular complexity index is 721. The largest absolute Gasteiger partial charge is 0.282 e. The van der Waals surface area contributed by atoms with E-state index in [1.165, 1.54) is 0 Å². The van der Waals surface area contributed by atoms with Crippen LogP contribution in [0.4, 0.5) is 0 Å². The number of aromatic nitrogens is 3. The molecule has 1 aromatic heterocycles. The lowest BCUT2D eigenvalue weighted by molar-refractivity contribution is 0.886. The summed E-state index contributed by atoms with van der Waals surface area (Å²) in [5, 5.41) is 9.18. The lowest BCUT2D eigenvalue weighted by Crippen LogP contribution is -2.05. The molecule has 0 spiro atoms. The van der Waals surface area contributed by atoms with Gasteiger partial charge in [0.15, 0.2) is 5.82 Å². The Labute approximate surface area is 133 Å². The fraction of sp³-hybridized carbons (Fsp3) is 0.125. The summed E-state index contributed by atoms with van der Waals surface area (Å²) in [6.07, 6.45) is 0.677. The third kappa shape index (κ3) is 3.09. The maximum Gasteiger partial charge on any atom is 0.152 e. The van der Waals surface area contributed by atoms with Crippen LogP contribution in [0.2, 0.25) is 5.02 Å². The van der Waals surface area contributed by atoms with Gasteiger partial charge >= 0.3 is 0 Å². The van der Waals surface area contributed by atoms with Gasteiger partial charge in [0.05, 0.1) is 5.88 Å². The van der Waals surface area contributed by atoms with Gasteiger partial charge in [0.2, 0.25) is 0 Å². The first-order chi connectivity index (χ1) is 10.3. The Morgan fingerprint density at radius 2 is 1.52 bits per heavy atom. The zero-order valence-corrected chi connectivity index (χ0v) is 12.7. The maximum absolute atomic E-state index is 5.98. The lowest BCUT2D eigenvalue weighted by Gasteiger charge is -2.09. The van der Waals surface area contributed by atoms with Crippen molar-refractivity contribution in [1.82, 2.24) is 14.8 Å². The predicted molar refractivity (Wildman–Crippen MR) is 85.2 cm³/mol. The fourth-order valence-electron chi connectivity index (χ4n) is 2.21. The van der Waals surface area contributed by atoms with Gasteiger partial charge < -0.3 is 0 Å². The van der Waals surface area contributed by atoms with E-state index >= 15 is 0 Å². The molecular weight excluding hydrogens is 305 g/mol. The van der Waals surface area contributed by atoms with E-state index in [0.29, 0.717) is 12.3 Å². The Morgan fingerprint density at radius 3 is 2.19 bits per heavy atom. The van der Waals surface area contributed by atoms with E-state index in [-0.39, 0.29) is 0 Å². The van der Waals surface area contributed by atoms with Crippen molar-refractivity contribution in [2.75, 3.05) is 0 Å².